The van der Waals surface area contributed by atoms with Crippen molar-refractivity contribution in [1.82, 2.24) is 0 Å². The van der Waals surface area contributed by atoms with Crippen molar-refractivity contribution in [2.75, 3.05) is 14.1 Å². The number of rotatable bonds is 18. The van der Waals surface area contributed by atoms with E-state index in [-0.39, 0.29) is 12.4 Å². The van der Waals surface area contributed by atoms with Crippen LogP contribution in [0.2, 0.25) is 0 Å². The van der Waals surface area contributed by atoms with Crippen molar-refractivity contribution in [3.8, 4) is 0 Å². The Morgan fingerprint density at radius 1 is 0.621 bits per heavy atom. The fraction of sp³-hybridized carbons (Fsp3) is 0.778. The van der Waals surface area contributed by atoms with Crippen LogP contribution in [0.25, 0.3) is 0 Å². The molecule has 0 amide bonds. The zero-order chi connectivity index (χ0) is 20.5. The van der Waals surface area contributed by atoms with Crippen LogP contribution in [-0.2, 0) is 6.54 Å². The molecule has 29 heavy (non-hydrogen) atoms. The molecule has 0 aliphatic carbocycles. The first-order valence-electron chi connectivity index (χ1n) is 12.5. The highest BCUT2D eigenvalue weighted by molar-refractivity contribution is 5.13. The van der Waals surface area contributed by atoms with E-state index < -0.39 is 0 Å². The Labute approximate surface area is 189 Å². The third-order valence-corrected chi connectivity index (χ3v) is 6.45. The molecule has 0 aliphatic heterocycles. The maximum atomic E-state index is 2.46. The molecule has 0 bridgehead atoms. The normalized spacial score (nSPS) is 12.6. The Hall–Kier alpha value is -0.530. The molecule has 0 fully saturated rings. The zero-order valence-corrected chi connectivity index (χ0v) is 20.9. The summed E-state index contributed by atoms with van der Waals surface area (Å²) in [6.45, 7) is 5.78. The van der Waals surface area contributed by atoms with Crippen molar-refractivity contribution in [3.05, 3.63) is 35.9 Å². The monoisotopic (exact) mass is 423 g/mol. The molecule has 1 nitrogen and oxygen atoms in total. The number of nitrogens with zero attached hydrogens (tertiary/aromatic N) is 1. The minimum absolute atomic E-state index is 0. The van der Waals surface area contributed by atoms with Gasteiger partial charge in [-0.25, -0.2) is 0 Å². The van der Waals surface area contributed by atoms with Gasteiger partial charge < -0.3 is 16.9 Å². The first-order chi connectivity index (χ1) is 13.6. The summed E-state index contributed by atoms with van der Waals surface area (Å²) >= 11 is 0. The Morgan fingerprint density at radius 3 is 1.52 bits per heavy atom. The van der Waals surface area contributed by atoms with Gasteiger partial charge in [-0.2, -0.15) is 0 Å². The van der Waals surface area contributed by atoms with Crippen LogP contribution in [0.3, 0.4) is 0 Å². The molecular formula is C27H50ClN. The number of halogens is 1. The second-order valence-corrected chi connectivity index (χ2v) is 9.54. The molecule has 0 N–H and O–H groups in total. The second-order valence-electron chi connectivity index (χ2n) is 9.54. The second kappa shape index (κ2) is 18.3. The number of quaternary nitrogens is 1. The predicted molar refractivity (Wildman–Crippen MR) is 127 cm³/mol. The summed E-state index contributed by atoms with van der Waals surface area (Å²) in [5.74, 6) is 0. The molecule has 170 valence electrons. The predicted octanol–water partition coefficient (Wildman–Crippen LogP) is 5.53. The molecule has 0 spiro atoms. The van der Waals surface area contributed by atoms with E-state index >= 15 is 0 Å². The topological polar surface area (TPSA) is 0 Å². The minimum atomic E-state index is 0. The van der Waals surface area contributed by atoms with Crippen LogP contribution in [-0.4, -0.2) is 24.6 Å². The van der Waals surface area contributed by atoms with Crippen LogP contribution >= 0.6 is 0 Å². The van der Waals surface area contributed by atoms with Gasteiger partial charge in [0, 0.05) is 5.56 Å². The van der Waals surface area contributed by atoms with Gasteiger partial charge in [-0.05, 0) is 25.7 Å². The zero-order valence-electron chi connectivity index (χ0n) is 20.1. The Kier molecular flexibility index (Phi) is 17.9. The van der Waals surface area contributed by atoms with Crippen LogP contribution in [0.5, 0.6) is 0 Å². The van der Waals surface area contributed by atoms with Gasteiger partial charge in [0.1, 0.15) is 6.54 Å². The molecule has 0 saturated heterocycles. The molecular weight excluding hydrogens is 374 g/mol. The SMILES string of the molecule is CCCCCCCCCCCC(CCCCCC)[N+](C)(C)Cc1ccccc1.[Cl-]. The summed E-state index contributed by atoms with van der Waals surface area (Å²) in [7, 11) is 4.93. The van der Waals surface area contributed by atoms with Gasteiger partial charge >= 0.3 is 0 Å². The van der Waals surface area contributed by atoms with Gasteiger partial charge in [0.2, 0.25) is 0 Å². The number of hydrogen-bond donors (Lipinski definition) is 0. The molecule has 0 saturated carbocycles. The van der Waals surface area contributed by atoms with Crippen LogP contribution in [0.4, 0.5) is 0 Å². The van der Waals surface area contributed by atoms with Gasteiger partial charge in [-0.15, -0.1) is 0 Å². The summed E-state index contributed by atoms with van der Waals surface area (Å²) in [4.78, 5) is 0. The third-order valence-electron chi connectivity index (χ3n) is 6.45. The van der Waals surface area contributed by atoms with Crippen LogP contribution in [0.1, 0.15) is 116 Å². The Bertz CT molecular complexity index is 457. The highest BCUT2D eigenvalue weighted by atomic mass is 35.5. The van der Waals surface area contributed by atoms with Gasteiger partial charge in [0.25, 0.3) is 0 Å². The van der Waals surface area contributed by atoms with Crippen molar-refractivity contribution in [2.24, 2.45) is 0 Å². The van der Waals surface area contributed by atoms with Gasteiger partial charge in [0.05, 0.1) is 20.1 Å². The van der Waals surface area contributed by atoms with E-state index in [1.807, 2.05) is 0 Å². The maximum absolute atomic E-state index is 2.46. The average Bonchev–Trinajstić information content (AvgIpc) is 2.68. The van der Waals surface area contributed by atoms with Crippen LogP contribution in [0, 0.1) is 0 Å². The van der Waals surface area contributed by atoms with Gasteiger partial charge in [0.15, 0.2) is 0 Å². The molecule has 0 heterocycles. The van der Waals surface area contributed by atoms with Gasteiger partial charge in [-0.3, -0.25) is 0 Å². The lowest BCUT2D eigenvalue weighted by atomic mass is 9.97. The van der Waals surface area contributed by atoms with Crippen molar-refractivity contribution >= 4 is 0 Å². The third kappa shape index (κ3) is 14.2. The van der Waals surface area contributed by atoms with Crippen molar-refractivity contribution < 1.29 is 16.9 Å². The molecule has 1 aromatic carbocycles. The van der Waals surface area contributed by atoms with E-state index in [1.165, 1.54) is 102 Å². The quantitative estimate of drug-likeness (QED) is 0.215. The van der Waals surface area contributed by atoms with E-state index in [9.17, 15) is 0 Å². The fourth-order valence-electron chi connectivity index (χ4n) is 4.52. The smallest absolute Gasteiger partial charge is 0.104 e. The molecule has 0 aromatic heterocycles. The molecule has 0 radical (unpaired) electrons. The lowest BCUT2D eigenvalue weighted by molar-refractivity contribution is -0.928. The highest BCUT2D eigenvalue weighted by Crippen LogP contribution is 2.24. The summed E-state index contributed by atoms with van der Waals surface area (Å²) in [6, 6.07) is 11.9. The van der Waals surface area contributed by atoms with E-state index in [0.717, 1.165) is 17.1 Å². The molecule has 2 heteroatoms. The first-order valence-corrected chi connectivity index (χ1v) is 12.5. The Morgan fingerprint density at radius 2 is 1.03 bits per heavy atom. The van der Waals surface area contributed by atoms with Crippen molar-refractivity contribution in [2.45, 2.75) is 123 Å². The molecule has 1 rings (SSSR count). The van der Waals surface area contributed by atoms with Crippen molar-refractivity contribution in [1.29, 1.82) is 0 Å². The van der Waals surface area contributed by atoms with Crippen molar-refractivity contribution in [3.63, 3.8) is 0 Å². The van der Waals surface area contributed by atoms with E-state index in [0.29, 0.717) is 0 Å². The molecule has 0 aliphatic rings. The first kappa shape index (κ1) is 28.5. The summed E-state index contributed by atoms with van der Waals surface area (Å²) in [5.41, 5.74) is 1.48. The lowest BCUT2D eigenvalue weighted by Crippen LogP contribution is -3.00. The van der Waals surface area contributed by atoms with Gasteiger partial charge in [-0.1, -0.05) is 115 Å². The molecule has 1 aromatic rings. The number of hydrogen-bond acceptors (Lipinski definition) is 0. The molecule has 1 atom stereocenters. The van der Waals surface area contributed by atoms with E-state index in [2.05, 4.69) is 58.3 Å². The number of benzene rings is 1. The summed E-state index contributed by atoms with van der Waals surface area (Å²) < 4.78 is 1.15. The fourth-order valence-corrected chi connectivity index (χ4v) is 4.52. The summed E-state index contributed by atoms with van der Waals surface area (Å²) in [6.07, 6.45) is 21.3. The largest absolute Gasteiger partial charge is 1.00 e. The maximum Gasteiger partial charge on any atom is 0.104 e. The van der Waals surface area contributed by atoms with E-state index in [4.69, 9.17) is 0 Å². The lowest BCUT2D eigenvalue weighted by Gasteiger charge is -2.39. The average molecular weight is 424 g/mol. The Balaban J connectivity index is 0.00000784. The summed E-state index contributed by atoms with van der Waals surface area (Å²) in [5, 5.41) is 0. The van der Waals surface area contributed by atoms with Crippen LogP contribution in [0.15, 0.2) is 30.3 Å². The number of unbranched alkanes of at least 4 members (excludes halogenated alkanes) is 11. The van der Waals surface area contributed by atoms with Crippen LogP contribution < -0.4 is 12.4 Å². The standard InChI is InChI=1S/C27H50N.ClH/c1-5-7-9-11-12-13-14-15-20-24-27(23-19-10-8-6-2)28(3,4)25-26-21-17-16-18-22-26;/h16-18,21-22,27H,5-15,19-20,23-25H2,1-4H3;1H/q+1;/p-1. The molecule has 1 unspecified atom stereocenters. The van der Waals surface area contributed by atoms with E-state index in [1.54, 1.807) is 0 Å². The highest BCUT2D eigenvalue weighted by Gasteiger charge is 2.27. The minimum Gasteiger partial charge on any atom is -1.00 e.